The summed E-state index contributed by atoms with van der Waals surface area (Å²) in [5, 5.41) is 28.1. The number of hydrogen-bond acceptors (Lipinski definition) is 6. The molecule has 8 heteroatoms. The Hall–Kier alpha value is -2.94. The number of nitrogens with zero attached hydrogens (tertiary/aromatic N) is 3. The number of nitrogens with two attached hydrogens (primary N) is 1. The second kappa shape index (κ2) is 6.75. The van der Waals surface area contributed by atoms with Crippen molar-refractivity contribution in [3.63, 3.8) is 0 Å². The standard InChI is InChI=1S/C18H20N6O2/c19-8-15(25)16(26)10-21-17-3-4-18-22-9-14(24(18)23-17)12-1-2-13-11(7-12)5-6-20-13/h1-7,9,15-16,20,25-26H,8,10,19H2,(H,21,23). The average Bonchev–Trinajstić information content (AvgIpc) is 3.30. The number of anilines is 1. The minimum absolute atomic E-state index is 0.00259. The van der Waals surface area contributed by atoms with Crippen LogP contribution in [0.5, 0.6) is 0 Å². The highest BCUT2D eigenvalue weighted by atomic mass is 16.3. The Morgan fingerprint density at radius 1 is 1.15 bits per heavy atom. The first-order valence-electron chi connectivity index (χ1n) is 8.38. The van der Waals surface area contributed by atoms with Crippen LogP contribution in [0.25, 0.3) is 27.8 Å². The van der Waals surface area contributed by atoms with Crippen LogP contribution in [0.3, 0.4) is 0 Å². The van der Waals surface area contributed by atoms with E-state index >= 15 is 0 Å². The molecule has 0 amide bonds. The number of hydrogen-bond donors (Lipinski definition) is 5. The summed E-state index contributed by atoms with van der Waals surface area (Å²) in [6, 6.07) is 11.8. The largest absolute Gasteiger partial charge is 0.389 e. The van der Waals surface area contributed by atoms with Gasteiger partial charge in [0.05, 0.1) is 24.1 Å². The summed E-state index contributed by atoms with van der Waals surface area (Å²) in [5.74, 6) is 0.572. The Kier molecular flexibility index (Phi) is 4.29. The quantitative estimate of drug-likeness (QED) is 0.352. The van der Waals surface area contributed by atoms with Crippen molar-refractivity contribution in [1.29, 1.82) is 0 Å². The molecular formula is C18H20N6O2. The lowest BCUT2D eigenvalue weighted by Crippen LogP contribution is -2.38. The topological polar surface area (TPSA) is 124 Å². The van der Waals surface area contributed by atoms with Crippen molar-refractivity contribution >= 4 is 22.4 Å². The van der Waals surface area contributed by atoms with E-state index in [9.17, 15) is 10.2 Å². The first kappa shape index (κ1) is 16.5. The Morgan fingerprint density at radius 3 is 2.88 bits per heavy atom. The number of aromatic amines is 1. The number of nitrogens with one attached hydrogen (secondary N) is 2. The molecule has 3 aromatic heterocycles. The summed E-state index contributed by atoms with van der Waals surface area (Å²) in [6.45, 7) is 0.152. The molecule has 8 nitrogen and oxygen atoms in total. The molecule has 2 atom stereocenters. The monoisotopic (exact) mass is 352 g/mol. The first-order chi connectivity index (χ1) is 12.7. The van der Waals surface area contributed by atoms with Crippen molar-refractivity contribution in [2.45, 2.75) is 12.2 Å². The molecule has 0 aliphatic rings. The molecular weight excluding hydrogens is 332 g/mol. The summed E-state index contributed by atoms with van der Waals surface area (Å²) in [4.78, 5) is 7.58. The Bertz CT molecular complexity index is 1040. The molecule has 0 bridgehead atoms. The van der Waals surface area contributed by atoms with E-state index in [-0.39, 0.29) is 13.1 Å². The molecule has 0 saturated carbocycles. The van der Waals surface area contributed by atoms with Crippen LogP contribution < -0.4 is 11.1 Å². The maximum atomic E-state index is 9.82. The minimum Gasteiger partial charge on any atom is -0.389 e. The van der Waals surface area contributed by atoms with E-state index in [0.29, 0.717) is 5.82 Å². The van der Waals surface area contributed by atoms with Gasteiger partial charge in [-0.05, 0) is 30.3 Å². The molecule has 2 unspecified atom stereocenters. The third-order valence-corrected chi connectivity index (χ3v) is 4.39. The van der Waals surface area contributed by atoms with E-state index in [1.165, 1.54) is 0 Å². The maximum absolute atomic E-state index is 9.82. The summed E-state index contributed by atoms with van der Waals surface area (Å²) in [5.41, 5.74) is 9.03. The molecule has 0 aliphatic carbocycles. The summed E-state index contributed by atoms with van der Waals surface area (Å²) in [6.07, 6.45) is 1.76. The Morgan fingerprint density at radius 2 is 2.04 bits per heavy atom. The van der Waals surface area contributed by atoms with Crippen molar-refractivity contribution in [2.24, 2.45) is 5.73 Å². The second-order valence-electron chi connectivity index (χ2n) is 6.16. The highest BCUT2D eigenvalue weighted by Crippen LogP contribution is 2.24. The van der Waals surface area contributed by atoms with E-state index in [1.54, 1.807) is 16.8 Å². The van der Waals surface area contributed by atoms with Gasteiger partial charge in [-0.25, -0.2) is 9.50 Å². The Labute approximate surface area is 149 Å². The van der Waals surface area contributed by atoms with Gasteiger partial charge in [0.25, 0.3) is 0 Å². The lowest BCUT2D eigenvalue weighted by Gasteiger charge is -2.16. The third-order valence-electron chi connectivity index (χ3n) is 4.39. The molecule has 4 rings (SSSR count). The lowest BCUT2D eigenvalue weighted by molar-refractivity contribution is 0.0337. The van der Waals surface area contributed by atoms with E-state index in [1.807, 2.05) is 30.5 Å². The van der Waals surface area contributed by atoms with Gasteiger partial charge in [0.15, 0.2) is 5.65 Å². The number of aromatic nitrogens is 4. The smallest absolute Gasteiger partial charge is 0.154 e. The van der Waals surface area contributed by atoms with Crippen LogP contribution in [0.15, 0.2) is 48.8 Å². The molecule has 3 heterocycles. The number of imidazole rings is 1. The molecule has 0 radical (unpaired) electrons. The zero-order valence-corrected chi connectivity index (χ0v) is 14.0. The third kappa shape index (κ3) is 3.01. The number of rotatable bonds is 6. The van der Waals surface area contributed by atoms with Gasteiger partial charge in [0.1, 0.15) is 5.82 Å². The fraction of sp³-hybridized carbons (Fsp3) is 0.222. The fourth-order valence-electron chi connectivity index (χ4n) is 2.88. The molecule has 0 fully saturated rings. The van der Waals surface area contributed by atoms with Gasteiger partial charge < -0.3 is 26.2 Å². The van der Waals surface area contributed by atoms with Crippen molar-refractivity contribution in [3.05, 3.63) is 48.8 Å². The first-order valence-corrected chi connectivity index (χ1v) is 8.38. The van der Waals surface area contributed by atoms with E-state index < -0.39 is 12.2 Å². The summed E-state index contributed by atoms with van der Waals surface area (Å²) >= 11 is 0. The van der Waals surface area contributed by atoms with Crippen molar-refractivity contribution in [1.82, 2.24) is 19.6 Å². The van der Waals surface area contributed by atoms with E-state index in [4.69, 9.17) is 5.73 Å². The van der Waals surface area contributed by atoms with Crippen molar-refractivity contribution in [3.8, 4) is 11.3 Å². The van der Waals surface area contributed by atoms with Gasteiger partial charge in [-0.1, -0.05) is 6.07 Å². The predicted octanol–water partition coefficient (Wildman–Crippen LogP) is 0.970. The predicted molar refractivity (Wildman–Crippen MR) is 99.8 cm³/mol. The molecule has 0 aliphatic heterocycles. The number of aliphatic hydroxyl groups excluding tert-OH is 2. The minimum atomic E-state index is -0.969. The highest BCUT2D eigenvalue weighted by molar-refractivity contribution is 5.84. The molecule has 0 spiro atoms. The number of H-pyrrole nitrogens is 1. The molecule has 6 N–H and O–H groups in total. The molecule has 1 aromatic carbocycles. The zero-order valence-electron chi connectivity index (χ0n) is 14.0. The van der Waals surface area contributed by atoms with Crippen LogP contribution in [0.4, 0.5) is 5.82 Å². The van der Waals surface area contributed by atoms with Crippen LogP contribution in [0.2, 0.25) is 0 Å². The second-order valence-corrected chi connectivity index (χ2v) is 6.16. The average molecular weight is 352 g/mol. The maximum Gasteiger partial charge on any atom is 0.154 e. The summed E-state index contributed by atoms with van der Waals surface area (Å²) in [7, 11) is 0. The normalized spacial score (nSPS) is 14.0. The molecule has 4 aromatic rings. The van der Waals surface area contributed by atoms with Crippen LogP contribution in [0.1, 0.15) is 0 Å². The zero-order chi connectivity index (χ0) is 18.1. The van der Waals surface area contributed by atoms with Gasteiger partial charge in [0.2, 0.25) is 0 Å². The lowest BCUT2D eigenvalue weighted by atomic mass is 10.1. The van der Waals surface area contributed by atoms with Gasteiger partial charge >= 0.3 is 0 Å². The molecule has 26 heavy (non-hydrogen) atoms. The number of aliphatic hydroxyl groups is 2. The van der Waals surface area contributed by atoms with Crippen molar-refractivity contribution in [2.75, 3.05) is 18.4 Å². The van der Waals surface area contributed by atoms with Gasteiger partial charge in [0, 0.05) is 35.8 Å². The van der Waals surface area contributed by atoms with Gasteiger partial charge in [-0.3, -0.25) is 0 Å². The SMILES string of the molecule is NCC(O)C(O)CNc1ccc2ncc(-c3ccc4[nH]ccc4c3)n2n1. The van der Waals surface area contributed by atoms with Crippen LogP contribution in [-0.4, -0.2) is 55.1 Å². The Balaban J connectivity index is 1.64. The van der Waals surface area contributed by atoms with Crippen LogP contribution in [-0.2, 0) is 0 Å². The van der Waals surface area contributed by atoms with Gasteiger partial charge in [-0.2, -0.15) is 0 Å². The van der Waals surface area contributed by atoms with Crippen LogP contribution in [0, 0.1) is 0 Å². The molecule has 134 valence electrons. The highest BCUT2D eigenvalue weighted by Gasteiger charge is 2.15. The van der Waals surface area contributed by atoms with Gasteiger partial charge in [-0.15, -0.1) is 5.10 Å². The van der Waals surface area contributed by atoms with E-state index in [0.717, 1.165) is 27.8 Å². The number of benzene rings is 1. The molecule has 0 saturated heterocycles. The fourth-order valence-corrected chi connectivity index (χ4v) is 2.88. The van der Waals surface area contributed by atoms with E-state index in [2.05, 4.69) is 26.4 Å². The number of fused-ring (bicyclic) bond motifs is 2. The van der Waals surface area contributed by atoms with Crippen molar-refractivity contribution < 1.29 is 10.2 Å². The summed E-state index contributed by atoms with van der Waals surface area (Å²) < 4.78 is 1.75. The van der Waals surface area contributed by atoms with Crippen LogP contribution >= 0.6 is 0 Å².